The number of aromatic nitrogens is 6. The van der Waals surface area contributed by atoms with Crippen LogP contribution in [-0.4, -0.2) is 35.3 Å². The van der Waals surface area contributed by atoms with Gasteiger partial charge in [-0.1, -0.05) is 0 Å². The van der Waals surface area contributed by atoms with Gasteiger partial charge in [0.15, 0.2) is 5.82 Å². The molecule has 3 aromatic heterocycles. The first-order valence-electron chi connectivity index (χ1n) is 9.54. The minimum atomic E-state index is -0.678. The zero-order valence-electron chi connectivity index (χ0n) is 15.8. The predicted molar refractivity (Wildman–Crippen MR) is 102 cm³/mol. The second-order valence-electron chi connectivity index (χ2n) is 7.21. The fraction of sp³-hybridized carbons (Fsp3) is 0.250. The molecule has 1 atom stereocenters. The number of halogens is 2. The predicted octanol–water partition coefficient (Wildman–Crippen LogP) is 2.32. The highest BCUT2D eigenvalue weighted by Crippen LogP contribution is 2.31. The Kier molecular flexibility index (Phi) is 4.46. The van der Waals surface area contributed by atoms with Crippen molar-refractivity contribution in [1.29, 1.82) is 0 Å². The van der Waals surface area contributed by atoms with Gasteiger partial charge in [0.1, 0.15) is 17.8 Å². The van der Waals surface area contributed by atoms with Gasteiger partial charge in [-0.25, -0.2) is 23.0 Å². The second-order valence-corrected chi connectivity index (χ2v) is 7.21. The van der Waals surface area contributed by atoms with E-state index in [1.54, 1.807) is 18.6 Å². The Morgan fingerprint density at radius 3 is 2.97 bits per heavy atom. The molecular weight excluding hydrogens is 392 g/mol. The summed E-state index contributed by atoms with van der Waals surface area (Å²) in [6.07, 6.45) is 8.79. The van der Waals surface area contributed by atoms with Gasteiger partial charge in [0, 0.05) is 29.7 Å². The van der Waals surface area contributed by atoms with Gasteiger partial charge < -0.3 is 5.32 Å². The summed E-state index contributed by atoms with van der Waals surface area (Å²) in [7, 11) is 0. The lowest BCUT2D eigenvalue weighted by Gasteiger charge is -2.24. The van der Waals surface area contributed by atoms with E-state index in [0.29, 0.717) is 17.8 Å². The smallest absolute Gasteiger partial charge is 0.252 e. The molecule has 1 amide bonds. The molecule has 4 aromatic rings. The molecule has 1 aliphatic carbocycles. The van der Waals surface area contributed by atoms with Crippen LogP contribution in [0.2, 0.25) is 0 Å². The van der Waals surface area contributed by atoms with E-state index in [0.717, 1.165) is 30.2 Å². The van der Waals surface area contributed by atoms with Crippen molar-refractivity contribution < 1.29 is 13.6 Å². The van der Waals surface area contributed by atoms with Crippen molar-refractivity contribution in [3.8, 4) is 5.69 Å². The summed E-state index contributed by atoms with van der Waals surface area (Å²) >= 11 is 0. The van der Waals surface area contributed by atoms with Gasteiger partial charge in [0.25, 0.3) is 5.78 Å². The van der Waals surface area contributed by atoms with Crippen molar-refractivity contribution in [3.63, 3.8) is 0 Å². The molecule has 3 heterocycles. The van der Waals surface area contributed by atoms with Crippen molar-refractivity contribution in [2.24, 2.45) is 0 Å². The van der Waals surface area contributed by atoms with Gasteiger partial charge in [0.05, 0.1) is 18.7 Å². The van der Waals surface area contributed by atoms with E-state index >= 15 is 0 Å². The van der Waals surface area contributed by atoms with Crippen LogP contribution in [0, 0.1) is 11.6 Å². The highest BCUT2D eigenvalue weighted by molar-refractivity contribution is 5.79. The highest BCUT2D eigenvalue weighted by atomic mass is 19.1. The Labute approximate surface area is 169 Å². The first kappa shape index (κ1) is 18.3. The highest BCUT2D eigenvalue weighted by Gasteiger charge is 2.27. The lowest BCUT2D eigenvalue weighted by atomic mass is 9.92. The van der Waals surface area contributed by atoms with E-state index in [9.17, 15) is 13.6 Å². The first-order chi connectivity index (χ1) is 14.6. The molecule has 5 rings (SSSR count). The minimum Gasteiger partial charge on any atom is -0.349 e. The van der Waals surface area contributed by atoms with Crippen molar-refractivity contribution in [1.82, 2.24) is 34.7 Å². The third-order valence-corrected chi connectivity index (χ3v) is 5.21. The summed E-state index contributed by atoms with van der Waals surface area (Å²) in [4.78, 5) is 20.8. The Hall–Kier alpha value is -3.69. The number of nitrogens with zero attached hydrogens (tertiary/aromatic N) is 6. The molecule has 1 aromatic carbocycles. The van der Waals surface area contributed by atoms with Crippen molar-refractivity contribution in [3.05, 3.63) is 71.6 Å². The molecule has 0 bridgehead atoms. The number of benzene rings is 1. The van der Waals surface area contributed by atoms with Crippen LogP contribution in [-0.2, 0) is 17.6 Å². The standard InChI is InChI=1S/C20H17F2N7O/c21-13-4-5-18(15(22)7-13)29-17-3-1-2-16(14(17)9-25-29)27-19(30)6-12-8-23-20-24-11-26-28(20)10-12/h4-5,7-11,16H,1-3,6H2,(H,27,30)/t16-/m1/s1. The van der Waals surface area contributed by atoms with E-state index in [2.05, 4.69) is 25.5 Å². The zero-order valence-corrected chi connectivity index (χ0v) is 15.8. The largest absolute Gasteiger partial charge is 0.349 e. The monoisotopic (exact) mass is 409 g/mol. The quantitative estimate of drug-likeness (QED) is 0.559. The number of hydrogen-bond acceptors (Lipinski definition) is 5. The molecule has 1 N–H and O–H groups in total. The van der Waals surface area contributed by atoms with Crippen LogP contribution in [0.15, 0.2) is 43.1 Å². The van der Waals surface area contributed by atoms with Crippen molar-refractivity contribution in [2.75, 3.05) is 0 Å². The topological polar surface area (TPSA) is 90.0 Å². The number of fused-ring (bicyclic) bond motifs is 2. The van der Waals surface area contributed by atoms with Crippen LogP contribution in [0.1, 0.15) is 35.7 Å². The maximum Gasteiger partial charge on any atom is 0.252 e. The lowest BCUT2D eigenvalue weighted by Crippen LogP contribution is -2.32. The molecule has 0 saturated heterocycles. The summed E-state index contributed by atoms with van der Waals surface area (Å²) in [6.45, 7) is 0. The molecule has 30 heavy (non-hydrogen) atoms. The molecule has 1 aliphatic rings. The minimum absolute atomic E-state index is 0.148. The zero-order chi connectivity index (χ0) is 20.7. The Morgan fingerprint density at radius 1 is 1.20 bits per heavy atom. The summed E-state index contributed by atoms with van der Waals surface area (Å²) < 4.78 is 30.5. The molecule has 10 heteroatoms. The summed E-state index contributed by atoms with van der Waals surface area (Å²) in [5.41, 5.74) is 2.58. The van der Waals surface area contributed by atoms with Gasteiger partial charge in [-0.15, -0.1) is 0 Å². The summed E-state index contributed by atoms with van der Waals surface area (Å²) in [5, 5.41) is 11.4. The van der Waals surface area contributed by atoms with Crippen LogP contribution < -0.4 is 5.32 Å². The van der Waals surface area contributed by atoms with E-state index in [1.165, 1.54) is 27.7 Å². The SMILES string of the molecule is O=C(Cc1cnc2ncnn2c1)N[C@@H]1CCCc2c1cnn2-c1ccc(F)cc1F. The molecule has 0 spiro atoms. The molecule has 8 nitrogen and oxygen atoms in total. The van der Waals surface area contributed by atoms with Crippen LogP contribution >= 0.6 is 0 Å². The van der Waals surface area contributed by atoms with Gasteiger partial charge in [-0.2, -0.15) is 15.2 Å². The van der Waals surface area contributed by atoms with Crippen molar-refractivity contribution in [2.45, 2.75) is 31.7 Å². The average molecular weight is 409 g/mol. The maximum atomic E-state index is 14.2. The van der Waals surface area contributed by atoms with E-state index in [1.807, 2.05) is 0 Å². The van der Waals surface area contributed by atoms with Gasteiger partial charge in [0.2, 0.25) is 5.91 Å². The van der Waals surface area contributed by atoms with Crippen molar-refractivity contribution >= 4 is 11.7 Å². The van der Waals surface area contributed by atoms with Crippen LogP contribution in [0.4, 0.5) is 8.78 Å². The van der Waals surface area contributed by atoms with Crippen LogP contribution in [0.5, 0.6) is 0 Å². The summed E-state index contributed by atoms with van der Waals surface area (Å²) in [6, 6.07) is 3.19. The molecular formula is C20H17F2N7O. The number of amides is 1. The Morgan fingerprint density at radius 2 is 2.10 bits per heavy atom. The third-order valence-electron chi connectivity index (χ3n) is 5.21. The number of rotatable bonds is 4. The maximum absolute atomic E-state index is 14.2. The fourth-order valence-corrected chi connectivity index (χ4v) is 3.85. The number of carbonyl (C=O) groups is 1. The summed E-state index contributed by atoms with van der Waals surface area (Å²) in [5.74, 6) is -1.00. The Bertz CT molecular complexity index is 1250. The number of nitrogens with one attached hydrogen (secondary N) is 1. The van der Waals surface area contributed by atoms with Gasteiger partial charge in [-0.3, -0.25) is 4.79 Å². The molecule has 0 saturated carbocycles. The molecule has 0 unspecified atom stereocenters. The number of carbonyl (C=O) groups excluding carboxylic acids is 1. The molecule has 0 fully saturated rings. The normalized spacial score (nSPS) is 15.9. The first-order valence-corrected chi connectivity index (χ1v) is 9.54. The molecule has 0 aliphatic heterocycles. The average Bonchev–Trinajstić information content (AvgIpc) is 3.35. The van der Waals surface area contributed by atoms with E-state index < -0.39 is 11.6 Å². The second kappa shape index (κ2) is 7.29. The van der Waals surface area contributed by atoms with Crippen LogP contribution in [0.3, 0.4) is 0 Å². The van der Waals surface area contributed by atoms with E-state index in [-0.39, 0.29) is 24.1 Å². The van der Waals surface area contributed by atoms with E-state index in [4.69, 9.17) is 0 Å². The Balaban J connectivity index is 1.35. The number of hydrogen-bond donors (Lipinski definition) is 1. The van der Waals surface area contributed by atoms with Gasteiger partial charge in [-0.05, 0) is 37.0 Å². The fourth-order valence-electron chi connectivity index (χ4n) is 3.85. The molecule has 0 radical (unpaired) electrons. The lowest BCUT2D eigenvalue weighted by molar-refractivity contribution is -0.121. The van der Waals surface area contributed by atoms with Gasteiger partial charge >= 0.3 is 0 Å². The molecule has 152 valence electrons. The van der Waals surface area contributed by atoms with Crippen LogP contribution in [0.25, 0.3) is 11.5 Å². The third kappa shape index (κ3) is 3.30.